The molecular weight excluding hydrogens is 533 g/mol. The van der Waals surface area contributed by atoms with Gasteiger partial charge in [0, 0.05) is 24.5 Å². The summed E-state index contributed by atoms with van der Waals surface area (Å²) in [5.41, 5.74) is 9.35. The smallest absolute Gasteiger partial charge is 0.252 e. The van der Waals surface area contributed by atoms with Gasteiger partial charge in [-0.05, 0) is 66.9 Å². The molecule has 5 rings (SSSR count). The minimum absolute atomic E-state index is 0.124. The average Bonchev–Trinajstić information content (AvgIpc) is 3.33. The van der Waals surface area contributed by atoms with Crippen LogP contribution < -0.4 is 16.4 Å². The number of hydrogen-bond donors (Lipinski definition) is 3. The van der Waals surface area contributed by atoms with Gasteiger partial charge in [0.05, 0.1) is 22.2 Å². The molecule has 4 N–H and O–H groups in total. The Labute approximate surface area is 242 Å². The number of benzene rings is 4. The zero-order chi connectivity index (χ0) is 30.0. The lowest BCUT2D eigenvalue weighted by Gasteiger charge is -2.27. The van der Waals surface area contributed by atoms with Crippen LogP contribution in [-0.2, 0) is 16.8 Å². The maximum absolute atomic E-state index is 13.5. The monoisotopic (exact) mass is 563 g/mol. The quantitative estimate of drug-likeness (QED) is 0.199. The van der Waals surface area contributed by atoms with Crippen LogP contribution in [0.4, 0.5) is 10.1 Å². The molecular formula is C34H30FN3O4. The lowest BCUT2D eigenvalue weighted by molar-refractivity contribution is -0.114. The molecule has 212 valence electrons. The number of nitrogens with two attached hydrogens (primary N) is 1. The van der Waals surface area contributed by atoms with E-state index < -0.39 is 11.4 Å². The topological polar surface area (TPSA) is 114 Å². The van der Waals surface area contributed by atoms with Crippen LogP contribution in [0, 0.1) is 5.82 Å². The Morgan fingerprint density at radius 1 is 0.905 bits per heavy atom. The van der Waals surface area contributed by atoms with E-state index in [2.05, 4.69) is 10.6 Å². The van der Waals surface area contributed by atoms with Crippen molar-refractivity contribution in [2.24, 2.45) is 5.73 Å². The van der Waals surface area contributed by atoms with Crippen LogP contribution in [0.15, 0.2) is 95.4 Å². The summed E-state index contributed by atoms with van der Waals surface area (Å²) < 4.78 is 19.5. The zero-order valence-electron chi connectivity index (χ0n) is 23.5. The molecule has 1 heterocycles. The first kappa shape index (κ1) is 28.3. The van der Waals surface area contributed by atoms with Crippen molar-refractivity contribution in [3.8, 4) is 11.1 Å². The number of carbonyl (C=O) groups excluding carboxylic acids is 3. The molecule has 8 heteroatoms. The third-order valence-corrected chi connectivity index (χ3v) is 7.11. The fourth-order valence-electron chi connectivity index (χ4n) is 5.07. The number of furan rings is 1. The predicted octanol–water partition coefficient (Wildman–Crippen LogP) is 6.55. The lowest BCUT2D eigenvalue weighted by Crippen LogP contribution is -2.40. The molecule has 1 aromatic heterocycles. The fraction of sp³-hybridized carbons (Fsp3) is 0.147. The Balaban J connectivity index is 1.58. The highest BCUT2D eigenvalue weighted by atomic mass is 19.1. The predicted molar refractivity (Wildman–Crippen MR) is 161 cm³/mol. The van der Waals surface area contributed by atoms with Crippen molar-refractivity contribution in [3.05, 3.63) is 125 Å². The minimum Gasteiger partial charge on any atom is -0.460 e. The van der Waals surface area contributed by atoms with E-state index in [1.165, 1.54) is 19.1 Å². The molecule has 0 unspecified atom stereocenters. The highest BCUT2D eigenvalue weighted by molar-refractivity contribution is 6.16. The number of hydrogen-bond acceptors (Lipinski definition) is 4. The molecule has 0 atom stereocenters. The van der Waals surface area contributed by atoms with Crippen LogP contribution in [0.1, 0.15) is 58.4 Å². The number of rotatable bonds is 8. The Bertz CT molecular complexity index is 1810. The molecule has 0 bridgehead atoms. The summed E-state index contributed by atoms with van der Waals surface area (Å²) in [4.78, 5) is 38.5. The number of anilines is 1. The molecule has 0 spiro atoms. The summed E-state index contributed by atoms with van der Waals surface area (Å²) in [6.07, 6.45) is 0.189. The molecule has 4 aromatic carbocycles. The summed E-state index contributed by atoms with van der Waals surface area (Å²) >= 11 is 0. The van der Waals surface area contributed by atoms with Crippen LogP contribution in [-0.4, -0.2) is 17.7 Å². The minimum atomic E-state index is -0.731. The summed E-state index contributed by atoms with van der Waals surface area (Å²) in [6, 6.07) is 26.0. The van der Waals surface area contributed by atoms with Crippen LogP contribution >= 0.6 is 0 Å². The lowest BCUT2D eigenvalue weighted by atomic mass is 9.93. The van der Waals surface area contributed by atoms with Crippen molar-refractivity contribution < 1.29 is 23.2 Å². The first-order chi connectivity index (χ1) is 20.0. The second kappa shape index (κ2) is 11.3. The number of amides is 3. The molecule has 0 aliphatic rings. The first-order valence-electron chi connectivity index (χ1n) is 13.4. The van der Waals surface area contributed by atoms with E-state index in [0.29, 0.717) is 39.1 Å². The van der Waals surface area contributed by atoms with Gasteiger partial charge in [-0.2, -0.15) is 0 Å². The second-order valence-corrected chi connectivity index (χ2v) is 10.6. The van der Waals surface area contributed by atoms with Crippen molar-refractivity contribution in [1.82, 2.24) is 5.32 Å². The van der Waals surface area contributed by atoms with Crippen molar-refractivity contribution in [3.63, 3.8) is 0 Å². The van der Waals surface area contributed by atoms with E-state index in [4.69, 9.17) is 10.2 Å². The molecule has 0 fully saturated rings. The number of carbonyl (C=O) groups is 3. The molecule has 0 aliphatic heterocycles. The van der Waals surface area contributed by atoms with Gasteiger partial charge in [-0.1, -0.05) is 54.6 Å². The summed E-state index contributed by atoms with van der Waals surface area (Å²) in [6.45, 7) is 5.23. The third kappa shape index (κ3) is 5.78. The van der Waals surface area contributed by atoms with Gasteiger partial charge in [0.25, 0.3) is 11.8 Å². The van der Waals surface area contributed by atoms with Crippen LogP contribution in [0.2, 0.25) is 0 Å². The molecule has 42 heavy (non-hydrogen) atoms. The van der Waals surface area contributed by atoms with Crippen molar-refractivity contribution in [2.75, 3.05) is 5.32 Å². The third-order valence-electron chi connectivity index (χ3n) is 7.11. The molecule has 0 saturated carbocycles. The van der Waals surface area contributed by atoms with Gasteiger partial charge in [-0.25, -0.2) is 4.39 Å². The van der Waals surface area contributed by atoms with E-state index >= 15 is 0 Å². The maximum Gasteiger partial charge on any atom is 0.252 e. The normalized spacial score (nSPS) is 11.3. The maximum atomic E-state index is 13.5. The van der Waals surface area contributed by atoms with Gasteiger partial charge in [0.15, 0.2) is 0 Å². The molecule has 0 saturated heterocycles. The van der Waals surface area contributed by atoms with Crippen molar-refractivity contribution >= 4 is 34.4 Å². The standard InChI is InChI=1S/C34H30FN3O4/c1-20(39)37-31-26(22-8-7-9-23(19-22)33(41)38-34(2,3)24-10-5-4-6-11-24)16-17-27-29(31)30(32(36)40)28(42-27)18-21-12-14-25(35)15-13-21/h4-17,19H,18H2,1-3H3,(H2,36,40)(H,37,39)(H,38,41). The van der Waals surface area contributed by atoms with Gasteiger partial charge in [0.2, 0.25) is 5.91 Å². The molecule has 3 amide bonds. The zero-order valence-corrected chi connectivity index (χ0v) is 23.5. The Morgan fingerprint density at radius 2 is 1.62 bits per heavy atom. The van der Waals surface area contributed by atoms with Gasteiger partial charge in [-0.3, -0.25) is 14.4 Å². The van der Waals surface area contributed by atoms with Crippen LogP contribution in [0.3, 0.4) is 0 Å². The number of nitrogens with one attached hydrogen (secondary N) is 2. The average molecular weight is 564 g/mol. The SMILES string of the molecule is CC(=O)Nc1c(-c2cccc(C(=O)NC(C)(C)c3ccccc3)c2)ccc2oc(Cc3ccc(F)cc3)c(C(N)=O)c12. The van der Waals surface area contributed by atoms with Gasteiger partial charge >= 0.3 is 0 Å². The number of fused-ring (bicyclic) bond motifs is 1. The van der Waals surface area contributed by atoms with Crippen molar-refractivity contribution in [1.29, 1.82) is 0 Å². The summed E-state index contributed by atoms with van der Waals surface area (Å²) in [5, 5.41) is 6.29. The van der Waals surface area contributed by atoms with Gasteiger partial charge in [-0.15, -0.1) is 0 Å². The number of primary amides is 1. The van der Waals surface area contributed by atoms with E-state index in [1.54, 1.807) is 42.5 Å². The van der Waals surface area contributed by atoms with Gasteiger partial charge < -0.3 is 20.8 Å². The van der Waals surface area contributed by atoms with Crippen LogP contribution in [0.5, 0.6) is 0 Å². The largest absolute Gasteiger partial charge is 0.460 e. The Kier molecular flexibility index (Phi) is 7.63. The molecule has 7 nitrogen and oxygen atoms in total. The highest BCUT2D eigenvalue weighted by Gasteiger charge is 2.26. The summed E-state index contributed by atoms with van der Waals surface area (Å²) in [5.74, 6) is -1.44. The van der Waals surface area contributed by atoms with E-state index in [9.17, 15) is 18.8 Å². The molecule has 5 aromatic rings. The van der Waals surface area contributed by atoms with E-state index in [1.807, 2.05) is 50.2 Å². The Hall–Kier alpha value is -5.24. The number of halogens is 1. The van der Waals surface area contributed by atoms with Crippen molar-refractivity contribution in [2.45, 2.75) is 32.7 Å². The molecule has 0 radical (unpaired) electrons. The highest BCUT2D eigenvalue weighted by Crippen LogP contribution is 2.40. The van der Waals surface area contributed by atoms with E-state index in [0.717, 1.165) is 11.1 Å². The second-order valence-electron chi connectivity index (χ2n) is 10.6. The van der Waals surface area contributed by atoms with Gasteiger partial charge in [0.1, 0.15) is 17.2 Å². The molecule has 0 aliphatic carbocycles. The first-order valence-corrected chi connectivity index (χ1v) is 13.4. The van der Waals surface area contributed by atoms with Crippen LogP contribution in [0.25, 0.3) is 22.1 Å². The Morgan fingerprint density at radius 3 is 2.29 bits per heavy atom. The fourth-order valence-corrected chi connectivity index (χ4v) is 5.07. The van der Waals surface area contributed by atoms with E-state index in [-0.39, 0.29) is 29.6 Å². The summed E-state index contributed by atoms with van der Waals surface area (Å²) in [7, 11) is 0.